The van der Waals surface area contributed by atoms with Crippen molar-refractivity contribution in [1.82, 2.24) is 14.2 Å². The number of pyridine rings is 1. The van der Waals surface area contributed by atoms with Crippen LogP contribution in [-0.4, -0.2) is 22.6 Å². The van der Waals surface area contributed by atoms with Crippen LogP contribution in [0.2, 0.25) is 0 Å². The Kier molecular flexibility index (Phi) is 3.22. The van der Waals surface area contributed by atoms with Gasteiger partial charge in [-0.15, -0.1) is 0 Å². The zero-order valence-corrected chi connectivity index (χ0v) is 12.3. The minimum atomic E-state index is -3.74. The Hall–Kier alpha value is -1.69. The Bertz CT molecular complexity index is 682. The van der Waals surface area contributed by atoms with Gasteiger partial charge in [0, 0.05) is 11.6 Å². The number of hydrogen-bond acceptors (Lipinski definition) is 4. The molecule has 19 heavy (non-hydrogen) atoms. The molecule has 0 aromatic carbocycles. The van der Waals surface area contributed by atoms with Gasteiger partial charge in [0.1, 0.15) is 0 Å². The summed E-state index contributed by atoms with van der Waals surface area (Å²) in [6, 6.07) is 6.59. The molecule has 0 aliphatic rings. The lowest BCUT2D eigenvalue weighted by atomic mass is 9.92. The summed E-state index contributed by atoms with van der Waals surface area (Å²) in [4.78, 5) is 3.91. The summed E-state index contributed by atoms with van der Waals surface area (Å²) >= 11 is 0. The molecule has 2 heterocycles. The summed E-state index contributed by atoms with van der Waals surface area (Å²) in [5.41, 5.74) is 1.00. The Morgan fingerprint density at radius 3 is 2.42 bits per heavy atom. The van der Waals surface area contributed by atoms with Crippen LogP contribution in [0.4, 0.5) is 0 Å². The molecule has 0 saturated carbocycles. The summed E-state index contributed by atoms with van der Waals surface area (Å²) < 4.78 is 26.2. The van der Waals surface area contributed by atoms with Gasteiger partial charge in [0.2, 0.25) is 0 Å². The smallest absolute Gasteiger partial charge is 0.243 e. The van der Waals surface area contributed by atoms with Crippen molar-refractivity contribution in [1.29, 1.82) is 0 Å². The zero-order valence-electron chi connectivity index (χ0n) is 11.5. The van der Waals surface area contributed by atoms with Gasteiger partial charge in [-0.25, -0.2) is 4.98 Å². The molecule has 0 radical (unpaired) electrons. The topological polar surface area (TPSA) is 64.8 Å². The molecule has 0 bridgehead atoms. The fourth-order valence-corrected chi connectivity index (χ4v) is 3.20. The van der Waals surface area contributed by atoms with Gasteiger partial charge in [-0.2, -0.15) is 17.6 Å². The summed E-state index contributed by atoms with van der Waals surface area (Å²) in [5, 5.41) is 4.12. The summed E-state index contributed by atoms with van der Waals surface area (Å²) in [5.74, 6) is 0. The van der Waals surface area contributed by atoms with Crippen molar-refractivity contribution < 1.29 is 8.42 Å². The third-order valence-electron chi connectivity index (χ3n) is 2.70. The van der Waals surface area contributed by atoms with Gasteiger partial charge in [-0.3, -0.25) is 0 Å². The van der Waals surface area contributed by atoms with E-state index in [1.165, 1.54) is 12.3 Å². The van der Waals surface area contributed by atoms with Crippen molar-refractivity contribution in [3.8, 4) is 0 Å². The van der Waals surface area contributed by atoms with Crippen LogP contribution in [0.1, 0.15) is 32.2 Å². The van der Waals surface area contributed by atoms with Crippen molar-refractivity contribution in [3.63, 3.8) is 0 Å². The molecule has 2 aromatic rings. The van der Waals surface area contributed by atoms with Crippen LogP contribution in [-0.2, 0) is 15.4 Å². The average Bonchev–Trinajstić information content (AvgIpc) is 2.73. The summed E-state index contributed by atoms with van der Waals surface area (Å²) in [7, 11) is -3.74. The van der Waals surface area contributed by atoms with E-state index in [0.717, 1.165) is 4.09 Å². The third-order valence-corrected chi connectivity index (χ3v) is 4.20. The van der Waals surface area contributed by atoms with Crippen molar-refractivity contribution in [2.45, 2.75) is 38.1 Å². The van der Waals surface area contributed by atoms with Crippen LogP contribution >= 0.6 is 0 Å². The fourth-order valence-electron chi connectivity index (χ4n) is 1.75. The molecule has 0 amide bonds. The molecule has 0 fully saturated rings. The number of hydrogen-bond donors (Lipinski definition) is 0. The molecule has 2 aromatic heterocycles. The first-order valence-electron chi connectivity index (χ1n) is 5.97. The first-order chi connectivity index (χ1) is 8.73. The highest BCUT2D eigenvalue weighted by Gasteiger charge is 2.28. The van der Waals surface area contributed by atoms with E-state index in [9.17, 15) is 8.42 Å². The second kappa shape index (κ2) is 4.45. The monoisotopic (exact) mass is 279 g/mol. The molecular formula is C13H17N3O2S. The van der Waals surface area contributed by atoms with Crippen LogP contribution in [0, 0.1) is 6.92 Å². The normalized spacial score (nSPS) is 12.6. The van der Waals surface area contributed by atoms with Crippen LogP contribution in [0.3, 0.4) is 0 Å². The second-order valence-electron chi connectivity index (χ2n) is 5.44. The Morgan fingerprint density at radius 1 is 1.21 bits per heavy atom. The largest absolute Gasteiger partial charge is 0.300 e. The van der Waals surface area contributed by atoms with Gasteiger partial charge >= 0.3 is 10.0 Å². The number of rotatable bonds is 2. The number of aryl methyl sites for hydroxylation is 1. The molecular weight excluding hydrogens is 262 g/mol. The van der Waals surface area contributed by atoms with Gasteiger partial charge in [-0.05, 0) is 25.1 Å². The highest BCUT2D eigenvalue weighted by molar-refractivity contribution is 7.89. The van der Waals surface area contributed by atoms with E-state index in [4.69, 9.17) is 0 Å². The van der Waals surface area contributed by atoms with E-state index in [2.05, 4.69) is 10.1 Å². The highest BCUT2D eigenvalue weighted by atomic mass is 32.2. The maximum Gasteiger partial charge on any atom is 0.300 e. The molecule has 0 saturated heterocycles. The first kappa shape index (κ1) is 13.7. The van der Waals surface area contributed by atoms with Crippen LogP contribution in [0.5, 0.6) is 0 Å². The maximum absolute atomic E-state index is 12.6. The third kappa shape index (κ3) is 2.53. The standard InChI is InChI=1S/C13H17N3O2S/c1-10-9-11(13(2,3)4)16(15-10)19(17,18)12-7-5-6-8-14-12/h5-9H,1-4H3. The first-order valence-corrected chi connectivity index (χ1v) is 7.41. The van der Waals surface area contributed by atoms with Crippen molar-refractivity contribution in [2.24, 2.45) is 0 Å². The molecule has 0 unspecified atom stereocenters. The molecule has 0 aliphatic carbocycles. The van der Waals surface area contributed by atoms with Crippen molar-refractivity contribution in [2.75, 3.05) is 0 Å². The van der Waals surface area contributed by atoms with Crippen molar-refractivity contribution >= 4 is 10.0 Å². The van der Waals surface area contributed by atoms with E-state index in [1.807, 2.05) is 20.8 Å². The lowest BCUT2D eigenvalue weighted by Gasteiger charge is -2.19. The Morgan fingerprint density at radius 2 is 1.89 bits per heavy atom. The predicted octanol–water partition coefficient (Wildman–Crippen LogP) is 2.12. The molecule has 6 heteroatoms. The van der Waals surface area contributed by atoms with Gasteiger partial charge < -0.3 is 0 Å². The fraction of sp³-hybridized carbons (Fsp3) is 0.385. The van der Waals surface area contributed by atoms with E-state index in [1.54, 1.807) is 25.1 Å². The molecule has 102 valence electrons. The van der Waals surface area contributed by atoms with E-state index in [0.29, 0.717) is 11.4 Å². The summed E-state index contributed by atoms with van der Waals surface area (Å²) in [6.45, 7) is 7.63. The van der Waals surface area contributed by atoms with Crippen LogP contribution < -0.4 is 0 Å². The summed E-state index contributed by atoms with van der Waals surface area (Å²) in [6.07, 6.45) is 1.46. The van der Waals surface area contributed by atoms with E-state index in [-0.39, 0.29) is 10.4 Å². The zero-order chi connectivity index (χ0) is 14.3. The lowest BCUT2D eigenvalue weighted by Crippen LogP contribution is -2.24. The molecule has 0 aliphatic heterocycles. The molecule has 2 rings (SSSR count). The van der Waals surface area contributed by atoms with Crippen LogP contribution in [0.15, 0.2) is 35.5 Å². The quantitative estimate of drug-likeness (QED) is 0.844. The lowest BCUT2D eigenvalue weighted by molar-refractivity contribution is 0.529. The SMILES string of the molecule is Cc1cc(C(C)(C)C)n(S(=O)(=O)c2ccccn2)n1. The molecule has 0 atom stereocenters. The second-order valence-corrected chi connectivity index (χ2v) is 7.15. The average molecular weight is 279 g/mol. The Labute approximate surface area is 113 Å². The van der Waals surface area contributed by atoms with E-state index < -0.39 is 10.0 Å². The minimum Gasteiger partial charge on any atom is -0.243 e. The maximum atomic E-state index is 12.6. The molecule has 0 N–H and O–H groups in total. The molecule has 5 nitrogen and oxygen atoms in total. The van der Waals surface area contributed by atoms with Crippen LogP contribution in [0.25, 0.3) is 0 Å². The van der Waals surface area contributed by atoms with E-state index >= 15 is 0 Å². The Balaban J connectivity index is 2.66. The van der Waals surface area contributed by atoms with Gasteiger partial charge in [0.05, 0.1) is 11.4 Å². The van der Waals surface area contributed by atoms with Gasteiger partial charge in [0.15, 0.2) is 5.03 Å². The highest BCUT2D eigenvalue weighted by Crippen LogP contribution is 2.25. The predicted molar refractivity (Wildman–Crippen MR) is 72.5 cm³/mol. The minimum absolute atomic E-state index is 0.00333. The van der Waals surface area contributed by atoms with Crippen molar-refractivity contribution in [3.05, 3.63) is 41.9 Å². The number of aromatic nitrogens is 3. The molecule has 0 spiro atoms. The van der Waals surface area contributed by atoms with Gasteiger partial charge in [-0.1, -0.05) is 26.8 Å². The van der Waals surface area contributed by atoms with Gasteiger partial charge in [0.25, 0.3) is 0 Å². The number of nitrogens with zero attached hydrogens (tertiary/aromatic N) is 3.